The maximum Gasteiger partial charge on any atom is 0.343 e. The molecule has 0 saturated carbocycles. The van der Waals surface area contributed by atoms with Crippen molar-refractivity contribution < 1.29 is 4.79 Å². The molecule has 0 aliphatic carbocycles. The van der Waals surface area contributed by atoms with Crippen LogP contribution in [0.15, 0.2) is 29.3 Å². The monoisotopic (exact) mass is 218 g/mol. The second-order valence-electron chi connectivity index (χ2n) is 3.91. The van der Waals surface area contributed by atoms with Crippen LogP contribution in [0.3, 0.4) is 0 Å². The average molecular weight is 218 g/mol. The fourth-order valence-electron chi connectivity index (χ4n) is 1.63. The summed E-state index contributed by atoms with van der Waals surface area (Å²) in [4.78, 5) is 16.7. The molecule has 0 radical (unpaired) electrons. The van der Waals surface area contributed by atoms with Crippen molar-refractivity contribution >= 4 is 17.6 Å². The molecular weight excluding hydrogens is 204 g/mol. The molecule has 2 rings (SSSR count). The molecule has 16 heavy (non-hydrogen) atoms. The van der Waals surface area contributed by atoms with Crippen molar-refractivity contribution in [2.24, 2.45) is 10.7 Å². The number of carbonyl (C=O) groups excluding carboxylic acids is 1. The predicted molar refractivity (Wildman–Crippen MR) is 63.7 cm³/mol. The van der Waals surface area contributed by atoms with Gasteiger partial charge >= 0.3 is 6.03 Å². The third-order valence-corrected chi connectivity index (χ3v) is 2.54. The molecule has 1 aliphatic rings. The number of hydrogen-bond acceptors (Lipinski definition) is 3. The van der Waals surface area contributed by atoms with Crippen molar-refractivity contribution in [1.82, 2.24) is 5.32 Å². The summed E-state index contributed by atoms with van der Waals surface area (Å²) in [5.74, 6) is 0.322. The van der Waals surface area contributed by atoms with Crippen LogP contribution in [0.2, 0.25) is 0 Å². The summed E-state index contributed by atoms with van der Waals surface area (Å²) < 4.78 is 0. The minimum Gasteiger partial charge on any atom is -0.385 e. The summed E-state index contributed by atoms with van der Waals surface area (Å²) in [5.41, 5.74) is 7.70. The molecule has 1 unspecified atom stereocenters. The maximum atomic E-state index is 11.0. The van der Waals surface area contributed by atoms with E-state index in [9.17, 15) is 4.79 Å². The summed E-state index contributed by atoms with van der Waals surface area (Å²) in [6, 6.07) is 7.17. The zero-order valence-electron chi connectivity index (χ0n) is 9.27. The summed E-state index contributed by atoms with van der Waals surface area (Å²) >= 11 is 0. The first kappa shape index (κ1) is 10.5. The Hall–Kier alpha value is -2.04. The van der Waals surface area contributed by atoms with Crippen molar-refractivity contribution in [2.75, 3.05) is 19.0 Å². The maximum absolute atomic E-state index is 11.0. The second kappa shape index (κ2) is 3.84. The van der Waals surface area contributed by atoms with Crippen molar-refractivity contribution in [3.05, 3.63) is 29.8 Å². The minimum atomic E-state index is -0.376. The number of amidine groups is 1. The minimum absolute atomic E-state index is 0.288. The predicted octanol–water partition coefficient (Wildman–Crippen LogP) is 0.874. The van der Waals surface area contributed by atoms with Crippen LogP contribution in [-0.2, 0) is 0 Å². The molecule has 5 heteroatoms. The number of hydrogen-bond donors (Lipinski definition) is 2. The van der Waals surface area contributed by atoms with Gasteiger partial charge in [-0.1, -0.05) is 12.1 Å². The third-order valence-electron chi connectivity index (χ3n) is 2.54. The van der Waals surface area contributed by atoms with Gasteiger partial charge in [0.1, 0.15) is 11.9 Å². The fraction of sp³-hybridized carbons (Fsp3) is 0.273. The molecule has 0 aromatic heterocycles. The van der Waals surface area contributed by atoms with Gasteiger partial charge in [0.25, 0.3) is 0 Å². The third kappa shape index (κ3) is 1.84. The van der Waals surface area contributed by atoms with Gasteiger partial charge < -0.3 is 16.0 Å². The van der Waals surface area contributed by atoms with Gasteiger partial charge in [-0.3, -0.25) is 0 Å². The Morgan fingerprint density at radius 3 is 2.38 bits per heavy atom. The van der Waals surface area contributed by atoms with E-state index < -0.39 is 0 Å². The number of anilines is 1. The van der Waals surface area contributed by atoms with Crippen molar-refractivity contribution in [1.29, 1.82) is 0 Å². The van der Waals surface area contributed by atoms with E-state index in [4.69, 9.17) is 5.73 Å². The van der Waals surface area contributed by atoms with Crippen molar-refractivity contribution in [3.8, 4) is 0 Å². The standard InChI is InChI=1S/C11H14N4O/c1-15(2)8-5-3-7(4-6-8)9-10(12)14-11(16)13-9/h3-6,9H,1-2H3,(H3,12,13,14,16). The zero-order valence-corrected chi connectivity index (χ0v) is 9.27. The van der Waals surface area contributed by atoms with Crippen molar-refractivity contribution in [2.45, 2.75) is 6.04 Å². The lowest BCUT2D eigenvalue weighted by molar-refractivity contribution is 0.250. The lowest BCUT2D eigenvalue weighted by Crippen LogP contribution is -2.27. The van der Waals surface area contributed by atoms with Crippen LogP contribution in [0.25, 0.3) is 0 Å². The van der Waals surface area contributed by atoms with Crippen molar-refractivity contribution in [3.63, 3.8) is 0 Å². The summed E-state index contributed by atoms with van der Waals surface area (Å²) in [7, 11) is 3.95. The number of nitrogens with zero attached hydrogens (tertiary/aromatic N) is 2. The van der Waals surface area contributed by atoms with E-state index in [0.717, 1.165) is 11.3 Å². The van der Waals surface area contributed by atoms with Gasteiger partial charge in [-0.25, -0.2) is 4.79 Å². The summed E-state index contributed by atoms with van der Waals surface area (Å²) in [5, 5.41) is 2.69. The Morgan fingerprint density at radius 1 is 1.31 bits per heavy atom. The number of aliphatic imine (C=N–C) groups is 1. The Bertz CT molecular complexity index is 436. The highest BCUT2D eigenvalue weighted by atomic mass is 16.2. The van der Waals surface area contributed by atoms with Crippen LogP contribution in [0.5, 0.6) is 0 Å². The summed E-state index contributed by atoms with van der Waals surface area (Å²) in [6.07, 6.45) is 0. The van der Waals surface area contributed by atoms with E-state index in [1.807, 2.05) is 43.3 Å². The van der Waals surface area contributed by atoms with Gasteiger partial charge in [0.15, 0.2) is 0 Å². The first-order valence-corrected chi connectivity index (χ1v) is 5.00. The highest BCUT2D eigenvalue weighted by Crippen LogP contribution is 2.20. The summed E-state index contributed by atoms with van der Waals surface area (Å²) in [6.45, 7) is 0. The van der Waals surface area contributed by atoms with Crippen LogP contribution < -0.4 is 16.0 Å². The number of carbonyl (C=O) groups is 1. The molecule has 1 aliphatic heterocycles. The first-order valence-electron chi connectivity index (χ1n) is 5.00. The first-order chi connectivity index (χ1) is 7.58. The SMILES string of the molecule is CN(C)c1ccc(C2NC(=O)N=C2N)cc1. The topological polar surface area (TPSA) is 70.7 Å². The Balaban J connectivity index is 2.23. The van der Waals surface area contributed by atoms with Gasteiger partial charge in [-0.05, 0) is 17.7 Å². The van der Waals surface area contributed by atoms with Gasteiger partial charge in [-0.2, -0.15) is 4.99 Å². The quantitative estimate of drug-likeness (QED) is 0.774. The molecule has 0 bridgehead atoms. The molecular formula is C11H14N4O. The van der Waals surface area contributed by atoms with Gasteiger partial charge in [0.05, 0.1) is 0 Å². The molecule has 5 nitrogen and oxygen atoms in total. The lowest BCUT2D eigenvalue weighted by Gasteiger charge is -2.15. The number of nitrogens with two attached hydrogens (primary N) is 1. The van der Waals surface area contributed by atoms with Crippen LogP contribution in [0.4, 0.5) is 10.5 Å². The molecule has 1 aromatic carbocycles. The van der Waals surface area contributed by atoms with Crippen LogP contribution >= 0.6 is 0 Å². The van der Waals surface area contributed by atoms with E-state index in [2.05, 4.69) is 10.3 Å². The van der Waals surface area contributed by atoms with Gasteiger partial charge in [0, 0.05) is 19.8 Å². The normalized spacial score (nSPS) is 19.2. The zero-order chi connectivity index (χ0) is 11.7. The Morgan fingerprint density at radius 2 is 1.94 bits per heavy atom. The fourth-order valence-corrected chi connectivity index (χ4v) is 1.63. The molecule has 3 N–H and O–H groups in total. The number of amides is 2. The molecule has 1 heterocycles. The Labute approximate surface area is 94.0 Å². The lowest BCUT2D eigenvalue weighted by atomic mass is 10.1. The molecule has 2 amide bonds. The molecule has 84 valence electrons. The average Bonchev–Trinajstić information content (AvgIpc) is 2.58. The smallest absolute Gasteiger partial charge is 0.343 e. The van der Waals surface area contributed by atoms with Gasteiger partial charge in [-0.15, -0.1) is 0 Å². The number of nitrogens with one attached hydrogen (secondary N) is 1. The van der Waals surface area contributed by atoms with E-state index in [0.29, 0.717) is 5.84 Å². The largest absolute Gasteiger partial charge is 0.385 e. The molecule has 1 aromatic rings. The number of rotatable bonds is 2. The molecule has 1 atom stereocenters. The number of urea groups is 1. The van der Waals surface area contributed by atoms with Crippen LogP contribution in [0.1, 0.15) is 11.6 Å². The molecule has 0 fully saturated rings. The van der Waals surface area contributed by atoms with Gasteiger partial charge in [0.2, 0.25) is 0 Å². The van der Waals surface area contributed by atoms with E-state index in [1.54, 1.807) is 0 Å². The second-order valence-corrected chi connectivity index (χ2v) is 3.91. The van der Waals surface area contributed by atoms with E-state index in [-0.39, 0.29) is 12.1 Å². The Kier molecular flexibility index (Phi) is 2.52. The highest BCUT2D eigenvalue weighted by Gasteiger charge is 2.24. The van der Waals surface area contributed by atoms with Crippen LogP contribution in [0, 0.1) is 0 Å². The van der Waals surface area contributed by atoms with E-state index in [1.165, 1.54) is 0 Å². The molecule has 0 spiro atoms. The number of benzene rings is 1. The molecule has 0 saturated heterocycles. The van der Waals surface area contributed by atoms with Crippen LogP contribution in [-0.4, -0.2) is 26.0 Å². The van der Waals surface area contributed by atoms with E-state index >= 15 is 0 Å². The highest BCUT2D eigenvalue weighted by molar-refractivity contribution is 6.03.